The molecule has 11 heavy (non-hydrogen) atoms. The van der Waals surface area contributed by atoms with Gasteiger partial charge >= 0.3 is 7.12 Å². The maximum atomic E-state index is 8.81. The molecule has 1 heterocycles. The Labute approximate surface area is 74.4 Å². The number of thioether (sulfide) groups is 1. The van der Waals surface area contributed by atoms with Crippen LogP contribution in [0.15, 0.2) is 10.3 Å². The second-order valence-electron chi connectivity index (χ2n) is 2.20. The molecule has 1 rings (SSSR count). The first-order chi connectivity index (χ1) is 5.15. The normalized spacial score (nSPS) is 10.2. The number of aryl methyl sites for hydroxylation is 1. The van der Waals surface area contributed by atoms with Crippen molar-refractivity contribution < 1.29 is 10.0 Å². The third kappa shape index (κ3) is 1.99. The maximum absolute atomic E-state index is 8.81. The molecule has 1 aromatic rings. The van der Waals surface area contributed by atoms with Crippen LogP contribution in [0.1, 0.15) is 5.56 Å². The highest BCUT2D eigenvalue weighted by Gasteiger charge is 2.15. The summed E-state index contributed by atoms with van der Waals surface area (Å²) >= 11 is 3.06. The van der Waals surface area contributed by atoms with E-state index in [0.29, 0.717) is 4.78 Å². The van der Waals surface area contributed by atoms with Crippen LogP contribution in [0.4, 0.5) is 0 Å². The summed E-state index contributed by atoms with van der Waals surface area (Å²) in [5.41, 5.74) is 1.12. The Balaban J connectivity index is 2.95. The Hall–Kier alpha value is 0.0349. The lowest BCUT2D eigenvalue weighted by atomic mass is 9.89. The summed E-state index contributed by atoms with van der Waals surface area (Å²) < 4.78 is 1.76. The summed E-state index contributed by atoms with van der Waals surface area (Å²) in [7, 11) is -1.32. The van der Waals surface area contributed by atoms with E-state index in [9.17, 15) is 0 Å². The van der Waals surface area contributed by atoms with Crippen molar-refractivity contribution >= 4 is 35.0 Å². The van der Waals surface area contributed by atoms with E-state index in [0.717, 1.165) is 9.77 Å². The predicted octanol–water partition coefficient (Wildman–Crippen LogP) is 0.458. The van der Waals surface area contributed by atoms with Crippen LogP contribution < -0.4 is 4.78 Å². The summed E-state index contributed by atoms with van der Waals surface area (Å²) in [6.07, 6.45) is 1.98. The Morgan fingerprint density at radius 2 is 2.18 bits per heavy atom. The van der Waals surface area contributed by atoms with Crippen LogP contribution in [-0.4, -0.2) is 23.4 Å². The molecule has 0 bridgehead atoms. The van der Waals surface area contributed by atoms with E-state index in [2.05, 4.69) is 0 Å². The maximum Gasteiger partial charge on any atom is 0.499 e. The zero-order valence-corrected chi connectivity index (χ0v) is 8.00. The minimum absolute atomic E-state index is 0.617. The van der Waals surface area contributed by atoms with Crippen molar-refractivity contribution in [2.45, 2.75) is 11.1 Å². The monoisotopic (exact) mass is 188 g/mol. The largest absolute Gasteiger partial charge is 0.499 e. The third-order valence-electron chi connectivity index (χ3n) is 1.33. The van der Waals surface area contributed by atoms with Gasteiger partial charge in [-0.2, -0.15) is 0 Å². The first kappa shape index (κ1) is 9.13. The molecule has 0 aliphatic heterocycles. The van der Waals surface area contributed by atoms with E-state index in [1.165, 1.54) is 11.3 Å². The Morgan fingerprint density at radius 1 is 1.55 bits per heavy atom. The van der Waals surface area contributed by atoms with Crippen molar-refractivity contribution in [3.63, 3.8) is 0 Å². The van der Waals surface area contributed by atoms with Gasteiger partial charge in [-0.25, -0.2) is 0 Å². The van der Waals surface area contributed by atoms with E-state index in [-0.39, 0.29) is 0 Å². The molecule has 0 fully saturated rings. The van der Waals surface area contributed by atoms with Crippen LogP contribution in [0.25, 0.3) is 0 Å². The van der Waals surface area contributed by atoms with Crippen LogP contribution in [0.3, 0.4) is 0 Å². The molecule has 2 nitrogen and oxygen atoms in total. The average Bonchev–Trinajstić information content (AvgIpc) is 2.31. The number of rotatable bonds is 2. The first-order valence-corrected chi connectivity index (χ1v) is 5.19. The van der Waals surface area contributed by atoms with Gasteiger partial charge in [-0.1, -0.05) is 0 Å². The zero-order valence-electron chi connectivity index (χ0n) is 6.37. The SMILES string of the molecule is CSc1sc(B(O)O)cc1C. The van der Waals surface area contributed by atoms with Crippen molar-refractivity contribution in [1.82, 2.24) is 0 Å². The van der Waals surface area contributed by atoms with Crippen molar-refractivity contribution in [2.75, 3.05) is 6.26 Å². The van der Waals surface area contributed by atoms with Gasteiger partial charge in [0.1, 0.15) is 0 Å². The molecular weight excluding hydrogens is 179 g/mol. The second kappa shape index (κ2) is 3.62. The molecule has 0 saturated carbocycles. The lowest BCUT2D eigenvalue weighted by Gasteiger charge is -1.89. The van der Waals surface area contributed by atoms with Gasteiger partial charge in [0.25, 0.3) is 0 Å². The summed E-state index contributed by atoms with van der Waals surface area (Å²) in [5, 5.41) is 17.6. The Morgan fingerprint density at radius 3 is 2.45 bits per heavy atom. The molecule has 0 saturated heterocycles. The molecule has 0 spiro atoms. The minimum Gasteiger partial charge on any atom is -0.423 e. The molecule has 0 atom stereocenters. The van der Waals surface area contributed by atoms with Gasteiger partial charge in [0, 0.05) is 4.78 Å². The standard InChI is InChI=1S/C6H9BO2S2/c1-4-3-5(7(8)9)11-6(4)10-2/h3,8-9H,1-2H3. The fourth-order valence-electron chi connectivity index (χ4n) is 0.819. The number of thiophene rings is 1. The van der Waals surface area contributed by atoms with E-state index in [4.69, 9.17) is 10.0 Å². The van der Waals surface area contributed by atoms with Gasteiger partial charge in [0.15, 0.2) is 0 Å². The smallest absolute Gasteiger partial charge is 0.423 e. The van der Waals surface area contributed by atoms with Crippen molar-refractivity contribution in [1.29, 1.82) is 0 Å². The lowest BCUT2D eigenvalue weighted by molar-refractivity contribution is 0.427. The van der Waals surface area contributed by atoms with Crippen LogP contribution in [0, 0.1) is 6.92 Å². The summed E-state index contributed by atoms with van der Waals surface area (Å²) in [6, 6.07) is 1.81. The lowest BCUT2D eigenvalue weighted by Crippen LogP contribution is -2.26. The first-order valence-electron chi connectivity index (χ1n) is 3.15. The number of hydrogen-bond acceptors (Lipinski definition) is 4. The van der Waals surface area contributed by atoms with Crippen molar-refractivity contribution in [3.8, 4) is 0 Å². The van der Waals surface area contributed by atoms with Gasteiger partial charge in [0.05, 0.1) is 4.21 Å². The zero-order chi connectivity index (χ0) is 8.43. The van der Waals surface area contributed by atoms with Crippen LogP contribution >= 0.6 is 23.1 Å². The van der Waals surface area contributed by atoms with E-state index >= 15 is 0 Å². The molecular formula is C6H9BO2S2. The molecule has 0 radical (unpaired) electrons. The predicted molar refractivity (Wildman–Crippen MR) is 50.7 cm³/mol. The molecule has 0 aromatic carbocycles. The van der Waals surface area contributed by atoms with E-state index in [1.807, 2.05) is 13.2 Å². The fourth-order valence-corrected chi connectivity index (χ4v) is 2.60. The second-order valence-corrected chi connectivity index (χ2v) is 4.36. The highest BCUT2D eigenvalue weighted by Crippen LogP contribution is 2.24. The van der Waals surface area contributed by atoms with Crippen molar-refractivity contribution in [3.05, 3.63) is 11.6 Å². The summed E-state index contributed by atoms with van der Waals surface area (Å²) in [6.45, 7) is 1.97. The molecule has 0 amide bonds. The number of hydrogen-bond donors (Lipinski definition) is 2. The van der Waals surface area contributed by atoms with E-state index < -0.39 is 7.12 Å². The average molecular weight is 188 g/mol. The third-order valence-corrected chi connectivity index (χ3v) is 3.85. The Bertz CT molecular complexity index is 247. The van der Waals surface area contributed by atoms with Crippen molar-refractivity contribution in [2.24, 2.45) is 0 Å². The van der Waals surface area contributed by atoms with Gasteiger partial charge in [-0.05, 0) is 24.8 Å². The van der Waals surface area contributed by atoms with E-state index in [1.54, 1.807) is 17.8 Å². The van der Waals surface area contributed by atoms with Gasteiger partial charge < -0.3 is 10.0 Å². The molecule has 5 heteroatoms. The topological polar surface area (TPSA) is 40.5 Å². The summed E-state index contributed by atoms with van der Waals surface area (Å²) in [4.78, 5) is 0. The quantitative estimate of drug-likeness (QED) is 0.523. The van der Waals surface area contributed by atoms with Crippen LogP contribution in [0.2, 0.25) is 0 Å². The molecule has 1 aromatic heterocycles. The molecule has 0 unspecified atom stereocenters. The minimum atomic E-state index is -1.32. The Kier molecular flexibility index (Phi) is 3.01. The molecule has 60 valence electrons. The van der Waals surface area contributed by atoms with Gasteiger partial charge in [0.2, 0.25) is 0 Å². The molecule has 2 N–H and O–H groups in total. The van der Waals surface area contributed by atoms with Crippen LogP contribution in [0.5, 0.6) is 0 Å². The molecule has 0 aliphatic rings. The molecule has 0 aliphatic carbocycles. The fraction of sp³-hybridized carbons (Fsp3) is 0.333. The highest BCUT2D eigenvalue weighted by molar-refractivity contribution is 8.00. The summed E-state index contributed by atoms with van der Waals surface area (Å²) in [5.74, 6) is 0. The van der Waals surface area contributed by atoms with Crippen LogP contribution in [-0.2, 0) is 0 Å². The highest BCUT2D eigenvalue weighted by atomic mass is 32.2. The van der Waals surface area contributed by atoms with Gasteiger partial charge in [-0.3, -0.25) is 0 Å². The van der Waals surface area contributed by atoms with Gasteiger partial charge in [-0.15, -0.1) is 23.1 Å².